The number of ether oxygens (including phenoxy) is 1. The summed E-state index contributed by atoms with van der Waals surface area (Å²) >= 11 is 0. The van der Waals surface area contributed by atoms with Crippen molar-refractivity contribution in [2.24, 2.45) is 0 Å². The van der Waals surface area contributed by atoms with E-state index < -0.39 is 11.7 Å². The Kier molecular flexibility index (Phi) is 5.29. The van der Waals surface area contributed by atoms with Gasteiger partial charge in [0.1, 0.15) is 5.82 Å². The average Bonchev–Trinajstić information content (AvgIpc) is 2.33. The third-order valence-electron chi connectivity index (χ3n) is 2.28. The number of methoxy groups -OCH3 is 1. The third kappa shape index (κ3) is 3.96. The number of benzene rings is 1. The van der Waals surface area contributed by atoms with E-state index in [1.807, 2.05) is 0 Å². The molecule has 0 N–H and O–H groups in total. The minimum Gasteiger partial charge on any atom is -0.383 e. The Hall–Kier alpha value is -1.75. The zero-order valence-electron chi connectivity index (χ0n) is 9.56. The second-order valence-corrected chi connectivity index (χ2v) is 3.45. The molecule has 1 rings (SSSR count). The van der Waals surface area contributed by atoms with Gasteiger partial charge in [-0.2, -0.15) is 0 Å². The van der Waals surface area contributed by atoms with Crippen molar-refractivity contribution in [2.75, 3.05) is 20.3 Å². The number of hydrogen-bond acceptors (Lipinski definition) is 3. The lowest BCUT2D eigenvalue weighted by Gasteiger charge is -2.14. The van der Waals surface area contributed by atoms with E-state index in [4.69, 9.17) is 4.74 Å². The lowest BCUT2D eigenvalue weighted by Crippen LogP contribution is -2.33. The Balaban J connectivity index is 2.64. The minimum atomic E-state index is -0.446. The molecule has 0 fully saturated rings. The first-order valence-corrected chi connectivity index (χ1v) is 5.16. The third-order valence-corrected chi connectivity index (χ3v) is 2.28. The van der Waals surface area contributed by atoms with E-state index in [2.05, 4.69) is 0 Å². The van der Waals surface area contributed by atoms with Crippen LogP contribution in [0.3, 0.4) is 0 Å². The summed E-state index contributed by atoms with van der Waals surface area (Å²) in [5.41, 5.74) is 0.279. The summed E-state index contributed by atoms with van der Waals surface area (Å²) in [6.07, 6.45) is 0.303. The maximum atomic E-state index is 13.3. The van der Waals surface area contributed by atoms with Crippen molar-refractivity contribution in [2.45, 2.75) is 6.42 Å². The highest BCUT2D eigenvalue weighted by Gasteiger charge is 2.14. The predicted octanol–water partition coefficient (Wildman–Crippen LogP) is 1.000. The van der Waals surface area contributed by atoms with Crippen LogP contribution in [0.5, 0.6) is 0 Å². The van der Waals surface area contributed by atoms with Crippen molar-refractivity contribution in [3.05, 3.63) is 35.6 Å². The molecule has 1 aromatic rings. The second kappa shape index (κ2) is 6.75. The maximum absolute atomic E-state index is 13.3. The molecule has 1 aromatic carbocycles. The standard InChI is InChI=1S/C12H14FNO3/c1-17-7-6-14(9-15)12(16)8-10-4-2-3-5-11(10)13/h2-5,9H,6-8H2,1H3. The number of hydrogen-bond donors (Lipinski definition) is 0. The summed E-state index contributed by atoms with van der Waals surface area (Å²) in [7, 11) is 1.48. The SMILES string of the molecule is COCCN(C=O)C(=O)Cc1ccccc1F. The molecule has 17 heavy (non-hydrogen) atoms. The van der Waals surface area contributed by atoms with Crippen molar-refractivity contribution in [3.63, 3.8) is 0 Å². The Morgan fingerprint density at radius 3 is 2.76 bits per heavy atom. The fraction of sp³-hybridized carbons (Fsp3) is 0.333. The van der Waals surface area contributed by atoms with Gasteiger partial charge in [0.25, 0.3) is 0 Å². The van der Waals surface area contributed by atoms with Crippen LogP contribution in [0.2, 0.25) is 0 Å². The molecular weight excluding hydrogens is 225 g/mol. The number of amides is 2. The van der Waals surface area contributed by atoms with Crippen LogP contribution in [-0.2, 0) is 20.7 Å². The normalized spacial score (nSPS) is 10.0. The van der Waals surface area contributed by atoms with Crippen molar-refractivity contribution in [3.8, 4) is 0 Å². The first-order valence-electron chi connectivity index (χ1n) is 5.16. The van der Waals surface area contributed by atoms with Gasteiger partial charge in [0, 0.05) is 7.11 Å². The zero-order valence-corrected chi connectivity index (χ0v) is 9.56. The van der Waals surface area contributed by atoms with Crippen LogP contribution in [0, 0.1) is 5.82 Å². The molecule has 0 aliphatic carbocycles. The van der Waals surface area contributed by atoms with Crippen molar-refractivity contribution >= 4 is 12.3 Å². The molecule has 0 bridgehead atoms. The summed E-state index contributed by atoms with van der Waals surface area (Å²) in [5.74, 6) is -0.888. The molecule has 0 spiro atoms. The number of nitrogens with zero attached hydrogens (tertiary/aromatic N) is 1. The second-order valence-electron chi connectivity index (χ2n) is 3.45. The number of imide groups is 1. The molecule has 5 heteroatoms. The molecule has 0 heterocycles. The smallest absolute Gasteiger partial charge is 0.233 e. The van der Waals surface area contributed by atoms with Gasteiger partial charge in [-0.25, -0.2) is 4.39 Å². The van der Waals surface area contributed by atoms with Gasteiger partial charge in [0.2, 0.25) is 12.3 Å². The average molecular weight is 239 g/mol. The van der Waals surface area contributed by atoms with E-state index in [-0.39, 0.29) is 25.1 Å². The zero-order chi connectivity index (χ0) is 12.7. The molecule has 0 saturated carbocycles. The van der Waals surface area contributed by atoms with E-state index in [9.17, 15) is 14.0 Å². The molecule has 0 atom stereocenters. The number of rotatable bonds is 6. The Morgan fingerprint density at radius 1 is 1.47 bits per heavy atom. The van der Waals surface area contributed by atoms with Crippen molar-refractivity contribution < 1.29 is 18.7 Å². The molecule has 2 amide bonds. The topological polar surface area (TPSA) is 46.6 Å². The van der Waals surface area contributed by atoms with Crippen LogP contribution in [0.15, 0.2) is 24.3 Å². The van der Waals surface area contributed by atoms with Gasteiger partial charge in [-0.3, -0.25) is 14.5 Å². The largest absolute Gasteiger partial charge is 0.383 e. The van der Waals surface area contributed by atoms with Crippen LogP contribution >= 0.6 is 0 Å². The minimum absolute atomic E-state index is 0.130. The molecule has 0 unspecified atom stereocenters. The van der Waals surface area contributed by atoms with Crippen LogP contribution in [0.4, 0.5) is 4.39 Å². The molecule has 0 saturated heterocycles. The number of carbonyl (C=O) groups is 2. The van der Waals surface area contributed by atoms with Gasteiger partial charge in [-0.05, 0) is 11.6 Å². The lowest BCUT2D eigenvalue weighted by molar-refractivity contribution is -0.138. The molecule has 0 aromatic heterocycles. The highest BCUT2D eigenvalue weighted by Crippen LogP contribution is 2.08. The predicted molar refractivity (Wildman–Crippen MR) is 59.8 cm³/mol. The quantitative estimate of drug-likeness (QED) is 0.696. The molecule has 0 radical (unpaired) electrons. The first kappa shape index (κ1) is 13.3. The van der Waals surface area contributed by atoms with Crippen molar-refractivity contribution in [1.29, 1.82) is 0 Å². The van der Waals surface area contributed by atoms with E-state index in [1.165, 1.54) is 19.2 Å². The highest BCUT2D eigenvalue weighted by molar-refractivity contribution is 5.87. The summed E-state index contributed by atoms with van der Waals surface area (Å²) in [5, 5.41) is 0. The van der Waals surface area contributed by atoms with Crippen molar-refractivity contribution in [1.82, 2.24) is 4.90 Å². The first-order chi connectivity index (χ1) is 8.19. The molecule has 4 nitrogen and oxygen atoms in total. The van der Waals surface area contributed by atoms with Gasteiger partial charge < -0.3 is 4.74 Å². The fourth-order valence-electron chi connectivity index (χ4n) is 1.33. The molecular formula is C12H14FNO3. The summed E-state index contributed by atoms with van der Waals surface area (Å²) in [6.45, 7) is 0.440. The monoisotopic (exact) mass is 239 g/mol. The Labute approximate surface area is 99.0 Å². The van der Waals surface area contributed by atoms with E-state index in [1.54, 1.807) is 12.1 Å². The van der Waals surface area contributed by atoms with E-state index in [0.29, 0.717) is 6.41 Å². The van der Waals surface area contributed by atoms with Gasteiger partial charge in [-0.1, -0.05) is 18.2 Å². The molecule has 0 aliphatic heterocycles. The van der Waals surface area contributed by atoms with Crippen LogP contribution < -0.4 is 0 Å². The fourth-order valence-corrected chi connectivity index (χ4v) is 1.33. The summed E-state index contributed by atoms with van der Waals surface area (Å²) in [6, 6.07) is 5.99. The van der Waals surface area contributed by atoms with Gasteiger partial charge in [0.05, 0.1) is 19.6 Å². The molecule has 0 aliphatic rings. The number of halogens is 1. The summed E-state index contributed by atoms with van der Waals surface area (Å²) < 4.78 is 18.1. The lowest BCUT2D eigenvalue weighted by atomic mass is 10.1. The van der Waals surface area contributed by atoms with Gasteiger partial charge in [0.15, 0.2) is 0 Å². The summed E-state index contributed by atoms with van der Waals surface area (Å²) in [4.78, 5) is 23.3. The van der Waals surface area contributed by atoms with E-state index in [0.717, 1.165) is 4.90 Å². The van der Waals surface area contributed by atoms with Gasteiger partial charge in [-0.15, -0.1) is 0 Å². The van der Waals surface area contributed by atoms with E-state index >= 15 is 0 Å². The van der Waals surface area contributed by atoms with Gasteiger partial charge >= 0.3 is 0 Å². The maximum Gasteiger partial charge on any atom is 0.233 e. The highest BCUT2D eigenvalue weighted by atomic mass is 19.1. The Bertz CT molecular complexity index is 395. The van der Waals surface area contributed by atoms with Crippen LogP contribution in [0.1, 0.15) is 5.56 Å². The number of carbonyl (C=O) groups excluding carboxylic acids is 2. The van der Waals surface area contributed by atoms with Crippen LogP contribution in [-0.4, -0.2) is 37.5 Å². The van der Waals surface area contributed by atoms with Crippen LogP contribution in [0.25, 0.3) is 0 Å². The molecule has 92 valence electrons. The Morgan fingerprint density at radius 2 is 2.18 bits per heavy atom.